The number of halogens is 1. The van der Waals surface area contributed by atoms with Crippen LogP contribution >= 0.6 is 15.9 Å². The Labute approximate surface area is 171 Å². The molecule has 1 amide bonds. The Morgan fingerprint density at radius 2 is 2.07 bits per heavy atom. The number of carbonyl (C=O) groups is 1. The van der Waals surface area contributed by atoms with Crippen LogP contribution in [0.3, 0.4) is 0 Å². The first-order valence-electron chi connectivity index (χ1n) is 9.26. The summed E-state index contributed by atoms with van der Waals surface area (Å²) in [6.45, 7) is 2.69. The van der Waals surface area contributed by atoms with Crippen molar-refractivity contribution in [2.75, 3.05) is 19.8 Å². The summed E-state index contributed by atoms with van der Waals surface area (Å²) in [5.41, 5.74) is 1.31. The summed E-state index contributed by atoms with van der Waals surface area (Å²) in [6, 6.07) is 14.4. The average molecular weight is 445 g/mol. The summed E-state index contributed by atoms with van der Waals surface area (Å²) in [5.74, 6) is 0.595. The zero-order chi connectivity index (χ0) is 19.3. The Bertz CT molecular complexity index is 966. The van der Waals surface area contributed by atoms with Crippen LogP contribution in [0.1, 0.15) is 28.2 Å². The minimum absolute atomic E-state index is 0.226. The van der Waals surface area contributed by atoms with Crippen molar-refractivity contribution < 1.29 is 18.8 Å². The van der Waals surface area contributed by atoms with Gasteiger partial charge in [0, 0.05) is 19.1 Å². The molecular formula is C21H21BrN2O4. The topological polar surface area (TPSA) is 73.6 Å². The number of hydrogen-bond donors (Lipinski definition) is 1. The van der Waals surface area contributed by atoms with Crippen molar-refractivity contribution in [2.45, 2.75) is 19.6 Å². The molecule has 1 aliphatic rings. The fourth-order valence-corrected chi connectivity index (χ4v) is 3.64. The maximum absolute atomic E-state index is 12.3. The molecule has 146 valence electrons. The van der Waals surface area contributed by atoms with Gasteiger partial charge in [0.1, 0.15) is 6.61 Å². The van der Waals surface area contributed by atoms with Crippen LogP contribution in [0.15, 0.2) is 51.5 Å². The second kappa shape index (κ2) is 8.86. The minimum atomic E-state index is -0.261. The molecule has 1 saturated heterocycles. The number of ether oxygens (including phenoxy) is 2. The fraction of sp³-hybridized carbons (Fsp3) is 0.333. The van der Waals surface area contributed by atoms with E-state index < -0.39 is 0 Å². The summed E-state index contributed by atoms with van der Waals surface area (Å²) in [4.78, 5) is 12.3. The first kappa shape index (κ1) is 19.1. The maximum Gasteiger partial charge on any atom is 0.274 e. The summed E-state index contributed by atoms with van der Waals surface area (Å²) in [5, 5.41) is 9.14. The van der Waals surface area contributed by atoms with Gasteiger partial charge in [0.2, 0.25) is 0 Å². The number of benzene rings is 2. The van der Waals surface area contributed by atoms with Crippen molar-refractivity contribution in [3.8, 4) is 0 Å². The lowest BCUT2D eigenvalue weighted by Crippen LogP contribution is -2.29. The fourth-order valence-electron chi connectivity index (χ4n) is 3.20. The number of aromatic nitrogens is 1. The molecule has 1 aliphatic heterocycles. The molecule has 4 rings (SSSR count). The monoisotopic (exact) mass is 444 g/mol. The predicted octanol–water partition coefficient (Wildman–Crippen LogP) is 4.07. The van der Waals surface area contributed by atoms with Gasteiger partial charge in [0.15, 0.2) is 11.5 Å². The van der Waals surface area contributed by atoms with E-state index in [9.17, 15) is 4.79 Å². The number of carbonyl (C=O) groups excluding carboxylic acids is 1. The molecule has 6 nitrogen and oxygen atoms in total. The lowest BCUT2D eigenvalue weighted by atomic mass is 10.1. The highest BCUT2D eigenvalue weighted by atomic mass is 79.9. The Kier molecular flexibility index (Phi) is 6.04. The molecule has 0 spiro atoms. The number of amides is 1. The Morgan fingerprint density at radius 1 is 1.21 bits per heavy atom. The number of nitrogens with one attached hydrogen (secondary N) is 1. The van der Waals surface area contributed by atoms with Gasteiger partial charge in [0.25, 0.3) is 5.91 Å². The number of rotatable bonds is 7. The molecule has 28 heavy (non-hydrogen) atoms. The van der Waals surface area contributed by atoms with Crippen molar-refractivity contribution in [3.63, 3.8) is 0 Å². The Balaban J connectivity index is 1.31. The van der Waals surface area contributed by atoms with Gasteiger partial charge in [-0.1, -0.05) is 41.6 Å². The molecule has 2 aromatic carbocycles. The largest absolute Gasteiger partial charge is 0.381 e. The molecule has 0 bridgehead atoms. The summed E-state index contributed by atoms with van der Waals surface area (Å²) < 4.78 is 16.9. The van der Waals surface area contributed by atoms with Crippen molar-refractivity contribution in [3.05, 3.63) is 64.0 Å². The second-order valence-electron chi connectivity index (χ2n) is 6.88. The van der Waals surface area contributed by atoms with Gasteiger partial charge in [-0.3, -0.25) is 4.79 Å². The maximum atomic E-state index is 12.3. The van der Waals surface area contributed by atoms with E-state index in [-0.39, 0.29) is 18.2 Å². The quantitative estimate of drug-likeness (QED) is 0.594. The summed E-state index contributed by atoms with van der Waals surface area (Å²) >= 11 is 3.40. The molecule has 1 N–H and O–H groups in total. The van der Waals surface area contributed by atoms with Crippen LogP contribution in [0.2, 0.25) is 0 Å². The van der Waals surface area contributed by atoms with E-state index in [4.69, 9.17) is 14.0 Å². The van der Waals surface area contributed by atoms with E-state index in [2.05, 4.69) is 50.7 Å². The average Bonchev–Trinajstić information content (AvgIpc) is 3.36. The van der Waals surface area contributed by atoms with Gasteiger partial charge < -0.3 is 19.3 Å². The van der Waals surface area contributed by atoms with E-state index in [1.165, 1.54) is 10.8 Å². The highest BCUT2D eigenvalue weighted by Crippen LogP contribution is 2.23. The third kappa shape index (κ3) is 4.43. The molecule has 0 aliphatic carbocycles. The SMILES string of the molecule is O=C(NCC1CCOC1)c1noc(COCc2ccc3ccccc3c2)c1Br. The Morgan fingerprint density at radius 3 is 2.89 bits per heavy atom. The van der Waals surface area contributed by atoms with E-state index in [0.717, 1.165) is 18.6 Å². The van der Waals surface area contributed by atoms with Gasteiger partial charge in [0.05, 0.1) is 17.7 Å². The third-order valence-electron chi connectivity index (χ3n) is 4.81. The molecule has 0 radical (unpaired) electrons. The van der Waals surface area contributed by atoms with E-state index in [1.807, 2.05) is 18.2 Å². The highest BCUT2D eigenvalue weighted by Gasteiger charge is 2.22. The lowest BCUT2D eigenvalue weighted by molar-refractivity contribution is 0.0873. The first-order chi connectivity index (χ1) is 13.7. The molecule has 1 unspecified atom stereocenters. The van der Waals surface area contributed by atoms with Crippen molar-refractivity contribution >= 4 is 32.6 Å². The lowest BCUT2D eigenvalue weighted by Gasteiger charge is -2.08. The second-order valence-corrected chi connectivity index (χ2v) is 7.68. The number of nitrogens with zero attached hydrogens (tertiary/aromatic N) is 1. The molecule has 1 atom stereocenters. The molecular weight excluding hydrogens is 424 g/mol. The highest BCUT2D eigenvalue weighted by molar-refractivity contribution is 9.10. The van der Waals surface area contributed by atoms with Gasteiger partial charge in [-0.05, 0) is 44.8 Å². The molecule has 0 saturated carbocycles. The van der Waals surface area contributed by atoms with Crippen LogP contribution in [0, 0.1) is 5.92 Å². The van der Waals surface area contributed by atoms with Gasteiger partial charge in [-0.25, -0.2) is 0 Å². The molecule has 7 heteroatoms. The predicted molar refractivity (Wildman–Crippen MR) is 108 cm³/mol. The zero-order valence-corrected chi connectivity index (χ0v) is 16.9. The van der Waals surface area contributed by atoms with Crippen molar-refractivity contribution in [1.82, 2.24) is 10.5 Å². The van der Waals surface area contributed by atoms with Gasteiger partial charge in [-0.15, -0.1) is 0 Å². The normalized spacial score (nSPS) is 16.5. The van der Waals surface area contributed by atoms with Gasteiger partial charge in [-0.2, -0.15) is 0 Å². The van der Waals surface area contributed by atoms with E-state index in [0.29, 0.717) is 35.9 Å². The molecule has 1 aromatic heterocycles. The Hall–Kier alpha value is -2.22. The van der Waals surface area contributed by atoms with Crippen molar-refractivity contribution in [1.29, 1.82) is 0 Å². The zero-order valence-electron chi connectivity index (χ0n) is 15.3. The molecule has 2 heterocycles. The van der Waals surface area contributed by atoms with Crippen molar-refractivity contribution in [2.24, 2.45) is 5.92 Å². The van der Waals surface area contributed by atoms with E-state index in [1.54, 1.807) is 0 Å². The first-order valence-corrected chi connectivity index (χ1v) is 10.1. The number of fused-ring (bicyclic) bond motifs is 1. The van der Waals surface area contributed by atoms with Crippen LogP contribution in [0.4, 0.5) is 0 Å². The summed E-state index contributed by atoms with van der Waals surface area (Å²) in [7, 11) is 0. The van der Waals surface area contributed by atoms with Crippen LogP contribution in [0.25, 0.3) is 10.8 Å². The minimum Gasteiger partial charge on any atom is -0.381 e. The molecule has 1 fully saturated rings. The number of hydrogen-bond acceptors (Lipinski definition) is 5. The summed E-state index contributed by atoms with van der Waals surface area (Å²) in [6.07, 6.45) is 0.966. The van der Waals surface area contributed by atoms with Crippen LogP contribution in [-0.2, 0) is 22.7 Å². The van der Waals surface area contributed by atoms with Gasteiger partial charge >= 0.3 is 0 Å². The van der Waals surface area contributed by atoms with Crippen LogP contribution < -0.4 is 5.32 Å². The smallest absolute Gasteiger partial charge is 0.274 e. The standard InChI is InChI=1S/C21H21BrN2O4/c22-19-18(28-24-20(19)21(25)23-10-15-7-8-26-12-15)13-27-11-14-5-6-16-3-1-2-4-17(16)9-14/h1-6,9,15H,7-8,10-13H2,(H,23,25). The van der Waals surface area contributed by atoms with E-state index >= 15 is 0 Å². The van der Waals surface area contributed by atoms with Crippen LogP contribution in [-0.4, -0.2) is 30.8 Å². The third-order valence-corrected chi connectivity index (χ3v) is 5.62. The molecule has 3 aromatic rings. The van der Waals surface area contributed by atoms with Crippen LogP contribution in [0.5, 0.6) is 0 Å².